The number of hydrogen-bond acceptors (Lipinski definition) is 5. The van der Waals surface area contributed by atoms with E-state index in [1.165, 1.54) is 4.68 Å². The lowest BCUT2D eigenvalue weighted by atomic mass is 10.1. The molecule has 1 aromatic rings. The number of ether oxygens (including phenoxy) is 1. The van der Waals surface area contributed by atoms with Crippen molar-refractivity contribution in [2.75, 3.05) is 39.4 Å². The smallest absolute Gasteiger partial charge is 0.260 e. The molecule has 7 nitrogen and oxygen atoms in total. The van der Waals surface area contributed by atoms with Gasteiger partial charge >= 0.3 is 0 Å². The van der Waals surface area contributed by atoms with Gasteiger partial charge in [-0.15, -0.1) is 0 Å². The lowest BCUT2D eigenvalue weighted by molar-refractivity contribution is 0.0229. The molecule has 1 aromatic heterocycles. The van der Waals surface area contributed by atoms with Crippen LogP contribution in [0.2, 0.25) is 0 Å². The lowest BCUT2D eigenvalue weighted by Crippen LogP contribution is -2.53. The Labute approximate surface area is 144 Å². The van der Waals surface area contributed by atoms with Crippen LogP contribution < -0.4 is 0 Å². The third kappa shape index (κ3) is 3.51. The van der Waals surface area contributed by atoms with Crippen molar-refractivity contribution in [3.8, 4) is 0 Å². The Bertz CT molecular complexity index is 657. The molecule has 2 aliphatic rings. The fraction of sp³-hybridized carbons (Fsp3) is 0.812. The average molecular weight is 356 g/mol. The first-order valence-electron chi connectivity index (χ1n) is 8.75. The van der Waals surface area contributed by atoms with Crippen LogP contribution in [0.25, 0.3) is 0 Å². The molecule has 0 bridgehead atoms. The summed E-state index contributed by atoms with van der Waals surface area (Å²) in [5, 5.41) is 4.64. The van der Waals surface area contributed by atoms with E-state index in [-0.39, 0.29) is 5.92 Å². The first-order valence-corrected chi connectivity index (χ1v) is 10.2. The first kappa shape index (κ1) is 17.8. The SMILES string of the molecule is CC(C)c1cc(S(=O)(=O)N2CCN(C3CCOCC3)CC2)n(C)n1. The molecule has 8 heteroatoms. The van der Waals surface area contributed by atoms with Crippen molar-refractivity contribution in [1.82, 2.24) is 19.0 Å². The second kappa shape index (κ2) is 7.11. The summed E-state index contributed by atoms with van der Waals surface area (Å²) in [4.78, 5) is 2.41. The summed E-state index contributed by atoms with van der Waals surface area (Å²) >= 11 is 0. The van der Waals surface area contributed by atoms with E-state index in [1.807, 2.05) is 13.8 Å². The minimum atomic E-state index is -3.48. The molecule has 0 N–H and O–H groups in total. The van der Waals surface area contributed by atoms with Crippen LogP contribution in [0.3, 0.4) is 0 Å². The summed E-state index contributed by atoms with van der Waals surface area (Å²) < 4.78 is 34.4. The van der Waals surface area contributed by atoms with Crippen LogP contribution in [0, 0.1) is 0 Å². The van der Waals surface area contributed by atoms with Gasteiger partial charge in [0.2, 0.25) is 0 Å². The van der Waals surface area contributed by atoms with Gasteiger partial charge in [-0.05, 0) is 18.8 Å². The number of rotatable bonds is 4. The van der Waals surface area contributed by atoms with E-state index >= 15 is 0 Å². The van der Waals surface area contributed by atoms with Crippen LogP contribution in [-0.2, 0) is 21.8 Å². The van der Waals surface area contributed by atoms with E-state index in [0.29, 0.717) is 24.2 Å². The molecule has 2 fully saturated rings. The maximum Gasteiger partial charge on any atom is 0.260 e. The highest BCUT2D eigenvalue weighted by Crippen LogP contribution is 2.23. The Balaban J connectivity index is 1.68. The molecule has 0 radical (unpaired) electrons. The molecular formula is C16H28N4O3S. The zero-order chi connectivity index (χ0) is 17.3. The summed E-state index contributed by atoms with van der Waals surface area (Å²) in [6, 6.07) is 2.25. The highest BCUT2D eigenvalue weighted by Gasteiger charge is 2.33. The van der Waals surface area contributed by atoms with Crippen LogP contribution in [-0.4, -0.2) is 72.8 Å². The van der Waals surface area contributed by atoms with E-state index < -0.39 is 10.0 Å². The monoisotopic (exact) mass is 356 g/mol. The van der Waals surface area contributed by atoms with E-state index in [2.05, 4.69) is 10.00 Å². The largest absolute Gasteiger partial charge is 0.381 e. The second-order valence-corrected chi connectivity index (χ2v) is 8.85. The van der Waals surface area contributed by atoms with Gasteiger partial charge in [-0.2, -0.15) is 9.40 Å². The molecule has 0 amide bonds. The topological polar surface area (TPSA) is 67.7 Å². The minimum Gasteiger partial charge on any atom is -0.381 e. The predicted molar refractivity (Wildman–Crippen MR) is 91.5 cm³/mol. The molecule has 3 rings (SSSR count). The zero-order valence-corrected chi connectivity index (χ0v) is 15.6. The first-order chi connectivity index (χ1) is 11.4. The Hall–Kier alpha value is -0.960. The van der Waals surface area contributed by atoms with Crippen LogP contribution in [0.5, 0.6) is 0 Å². The van der Waals surface area contributed by atoms with Gasteiger partial charge in [0.1, 0.15) is 0 Å². The summed E-state index contributed by atoms with van der Waals surface area (Å²) in [5.41, 5.74) is 0.817. The maximum absolute atomic E-state index is 13.0. The number of nitrogens with zero attached hydrogens (tertiary/aromatic N) is 4. The van der Waals surface area contributed by atoms with Crippen molar-refractivity contribution in [2.45, 2.75) is 43.7 Å². The van der Waals surface area contributed by atoms with E-state index in [0.717, 1.165) is 44.8 Å². The second-order valence-electron chi connectivity index (χ2n) is 6.97. The molecule has 0 spiro atoms. The summed E-state index contributed by atoms with van der Waals surface area (Å²) in [5.74, 6) is 0.213. The van der Waals surface area contributed by atoms with Crippen LogP contribution in [0.15, 0.2) is 11.1 Å². The van der Waals surface area contributed by atoms with Gasteiger partial charge in [0.25, 0.3) is 10.0 Å². The fourth-order valence-corrected chi connectivity index (χ4v) is 5.04. The number of sulfonamides is 1. The molecule has 136 valence electrons. The Morgan fingerprint density at radius 3 is 2.33 bits per heavy atom. The van der Waals surface area contributed by atoms with Gasteiger partial charge in [0.05, 0.1) is 5.69 Å². The molecule has 0 atom stereocenters. The summed E-state index contributed by atoms with van der Waals surface area (Å²) in [6.07, 6.45) is 2.10. The predicted octanol–water partition coefficient (Wildman–Crippen LogP) is 1.03. The van der Waals surface area contributed by atoms with Crippen molar-refractivity contribution in [3.63, 3.8) is 0 Å². The minimum absolute atomic E-state index is 0.213. The molecule has 3 heterocycles. The van der Waals surface area contributed by atoms with Crippen molar-refractivity contribution in [1.29, 1.82) is 0 Å². The quantitative estimate of drug-likeness (QED) is 0.806. The van der Waals surface area contributed by atoms with Gasteiger partial charge in [0.15, 0.2) is 5.03 Å². The van der Waals surface area contributed by atoms with Gasteiger partial charge in [-0.25, -0.2) is 8.42 Å². The van der Waals surface area contributed by atoms with Crippen LogP contribution in [0.4, 0.5) is 0 Å². The average Bonchev–Trinajstić information content (AvgIpc) is 2.99. The molecule has 0 aliphatic carbocycles. The number of piperazine rings is 1. The van der Waals surface area contributed by atoms with Crippen molar-refractivity contribution >= 4 is 10.0 Å². The summed E-state index contributed by atoms with van der Waals surface area (Å²) in [6.45, 7) is 8.34. The highest BCUT2D eigenvalue weighted by molar-refractivity contribution is 7.89. The highest BCUT2D eigenvalue weighted by atomic mass is 32.2. The zero-order valence-electron chi connectivity index (χ0n) is 14.8. The molecule has 2 saturated heterocycles. The third-order valence-corrected chi connectivity index (χ3v) is 6.99. The molecule has 0 aromatic carbocycles. The van der Waals surface area contributed by atoms with Gasteiger partial charge in [0, 0.05) is 58.5 Å². The van der Waals surface area contributed by atoms with Gasteiger partial charge in [-0.1, -0.05) is 13.8 Å². The van der Waals surface area contributed by atoms with Crippen LogP contribution in [0.1, 0.15) is 38.3 Å². The van der Waals surface area contributed by atoms with Gasteiger partial charge < -0.3 is 4.74 Å². The Kier molecular flexibility index (Phi) is 5.29. The standard InChI is InChI=1S/C16H28N4O3S/c1-13(2)15-12-16(18(3)17-15)24(21,22)20-8-6-19(7-9-20)14-4-10-23-11-5-14/h12-14H,4-11H2,1-3H3. The van der Waals surface area contributed by atoms with E-state index in [1.54, 1.807) is 17.4 Å². The molecule has 24 heavy (non-hydrogen) atoms. The molecular weight excluding hydrogens is 328 g/mol. The number of aromatic nitrogens is 2. The Morgan fingerprint density at radius 1 is 1.17 bits per heavy atom. The van der Waals surface area contributed by atoms with Gasteiger partial charge in [-0.3, -0.25) is 9.58 Å². The maximum atomic E-state index is 13.0. The molecule has 2 aliphatic heterocycles. The van der Waals surface area contributed by atoms with Crippen molar-refractivity contribution < 1.29 is 13.2 Å². The number of aryl methyl sites for hydroxylation is 1. The van der Waals surface area contributed by atoms with Crippen LogP contribution >= 0.6 is 0 Å². The summed E-state index contributed by atoms with van der Waals surface area (Å²) in [7, 11) is -1.77. The van der Waals surface area contributed by atoms with Crippen molar-refractivity contribution in [3.05, 3.63) is 11.8 Å². The number of hydrogen-bond donors (Lipinski definition) is 0. The van der Waals surface area contributed by atoms with E-state index in [9.17, 15) is 8.42 Å². The fourth-order valence-electron chi connectivity index (χ4n) is 3.49. The Morgan fingerprint density at radius 2 is 1.79 bits per heavy atom. The van der Waals surface area contributed by atoms with Crippen molar-refractivity contribution in [2.24, 2.45) is 7.05 Å². The normalized spacial score (nSPS) is 22.3. The molecule has 0 unspecified atom stereocenters. The van der Waals surface area contributed by atoms with E-state index in [4.69, 9.17) is 4.74 Å². The lowest BCUT2D eigenvalue weighted by Gasteiger charge is -2.40. The molecule has 0 saturated carbocycles. The third-order valence-electron chi connectivity index (χ3n) is 5.03.